The minimum absolute atomic E-state index is 0.252. The van der Waals surface area contributed by atoms with Crippen LogP contribution in [0.4, 0.5) is 0 Å². The molecule has 1 saturated heterocycles. The number of aliphatic hydroxyl groups excluding tert-OH is 4. The SMILES string of the molecule is CC[C@H](COC(=O)c1ccccc1)N=C(OS(=O)(=O)O)S[C@@H]1O[C@H](CO)[C@@H](O)[C@H](O)[C@H]1O. The van der Waals surface area contributed by atoms with Gasteiger partial charge in [-0.1, -0.05) is 25.1 Å². The molecule has 1 aromatic rings. The van der Waals surface area contributed by atoms with Crippen molar-refractivity contribution in [1.29, 1.82) is 0 Å². The Kier molecular flexibility index (Phi) is 9.84. The highest BCUT2D eigenvalue weighted by Crippen LogP contribution is 2.30. The van der Waals surface area contributed by atoms with Crippen molar-refractivity contribution in [3.63, 3.8) is 0 Å². The maximum absolute atomic E-state index is 12.1. The van der Waals surface area contributed by atoms with E-state index in [-0.39, 0.29) is 13.0 Å². The highest BCUT2D eigenvalue weighted by atomic mass is 32.3. The first-order chi connectivity index (χ1) is 15.1. The lowest BCUT2D eigenvalue weighted by atomic mass is 10.0. The highest BCUT2D eigenvalue weighted by molar-refractivity contribution is 8.14. The van der Waals surface area contributed by atoms with Crippen LogP contribution in [0.5, 0.6) is 0 Å². The predicted molar refractivity (Wildman–Crippen MR) is 112 cm³/mol. The van der Waals surface area contributed by atoms with Gasteiger partial charge >= 0.3 is 16.4 Å². The molecular weight excluding hydrogens is 470 g/mol. The van der Waals surface area contributed by atoms with Crippen molar-refractivity contribution in [3.8, 4) is 0 Å². The zero-order valence-corrected chi connectivity index (χ0v) is 18.6. The van der Waals surface area contributed by atoms with Crippen LogP contribution in [0.2, 0.25) is 0 Å². The van der Waals surface area contributed by atoms with Crippen LogP contribution < -0.4 is 0 Å². The summed E-state index contributed by atoms with van der Waals surface area (Å²) in [6, 6.07) is 7.34. The molecule has 1 aliphatic rings. The molecule has 1 fully saturated rings. The van der Waals surface area contributed by atoms with Gasteiger partial charge in [0.05, 0.1) is 18.2 Å². The van der Waals surface area contributed by atoms with Gasteiger partial charge in [0.1, 0.15) is 36.5 Å². The number of thioether (sulfide) groups is 1. The van der Waals surface area contributed by atoms with Gasteiger partial charge in [-0.2, -0.15) is 8.42 Å². The Balaban J connectivity index is 2.15. The fraction of sp³-hybridized carbons (Fsp3) is 0.556. The molecular formula is C18H25NO11S2. The number of carbonyl (C=O) groups is 1. The first kappa shape index (κ1) is 26.5. The zero-order chi connectivity index (χ0) is 23.9. The lowest BCUT2D eigenvalue weighted by Gasteiger charge is -2.39. The summed E-state index contributed by atoms with van der Waals surface area (Å²) in [6.45, 7) is 0.729. The summed E-state index contributed by atoms with van der Waals surface area (Å²) in [7, 11) is -5.02. The van der Waals surface area contributed by atoms with Crippen LogP contribution in [0.25, 0.3) is 0 Å². The summed E-state index contributed by atoms with van der Waals surface area (Å²) >= 11 is 0.394. The van der Waals surface area contributed by atoms with Crippen LogP contribution in [0.1, 0.15) is 23.7 Å². The number of ether oxygens (including phenoxy) is 2. The molecule has 0 unspecified atom stereocenters. The van der Waals surface area contributed by atoms with E-state index in [1.165, 1.54) is 0 Å². The number of aliphatic imine (C=N–C) groups is 1. The third kappa shape index (κ3) is 7.67. The predicted octanol–water partition coefficient (Wildman–Crippen LogP) is -0.669. The average Bonchev–Trinajstić information content (AvgIpc) is 2.76. The van der Waals surface area contributed by atoms with Gasteiger partial charge in [0, 0.05) is 0 Å². The summed E-state index contributed by atoms with van der Waals surface area (Å²) < 4.78 is 46.5. The largest absolute Gasteiger partial charge is 0.460 e. The van der Waals surface area contributed by atoms with Crippen LogP contribution in [-0.2, 0) is 24.1 Å². The van der Waals surface area contributed by atoms with E-state index < -0.39 is 64.1 Å². The topological polar surface area (TPSA) is 192 Å². The minimum Gasteiger partial charge on any atom is -0.460 e. The second-order valence-corrected chi connectivity index (χ2v) is 8.82. The van der Waals surface area contributed by atoms with E-state index in [1.54, 1.807) is 37.3 Å². The fourth-order valence-corrected chi connectivity index (χ4v) is 4.20. The lowest BCUT2D eigenvalue weighted by molar-refractivity contribution is -0.205. The molecule has 0 saturated carbocycles. The molecule has 5 N–H and O–H groups in total. The van der Waals surface area contributed by atoms with Crippen LogP contribution in [0.15, 0.2) is 35.3 Å². The molecule has 0 spiro atoms. The Bertz CT molecular complexity index is 878. The van der Waals surface area contributed by atoms with Gasteiger partial charge in [-0.25, -0.2) is 9.79 Å². The summed E-state index contributed by atoms with van der Waals surface area (Å²) in [5.41, 5.74) is -1.10. The standard InChI is InChI=1S/C18H25NO11S2/c1-2-11(9-28-16(24)10-6-4-3-5-7-10)19-18(30-32(25,26)27)31-17-15(23)14(22)13(21)12(8-20)29-17/h3-7,11-15,17,20-23H,2,8-9H2,1H3,(H,25,26,27)/t11-,12-,13-,14+,15-,17+/m1/s1. The van der Waals surface area contributed by atoms with Crippen molar-refractivity contribution in [2.45, 2.75) is 49.2 Å². The zero-order valence-electron chi connectivity index (χ0n) is 16.9. The Morgan fingerprint density at radius 3 is 2.41 bits per heavy atom. The van der Waals surface area contributed by atoms with E-state index >= 15 is 0 Å². The van der Waals surface area contributed by atoms with E-state index in [2.05, 4.69) is 9.18 Å². The first-order valence-corrected chi connectivity index (χ1v) is 11.7. The molecule has 6 atom stereocenters. The van der Waals surface area contributed by atoms with Gasteiger partial charge in [-0.05, 0) is 30.3 Å². The van der Waals surface area contributed by atoms with Crippen molar-refractivity contribution >= 4 is 33.4 Å². The molecule has 14 heteroatoms. The number of benzene rings is 1. The van der Waals surface area contributed by atoms with Crippen LogP contribution in [0, 0.1) is 0 Å². The van der Waals surface area contributed by atoms with E-state index in [9.17, 15) is 33.6 Å². The number of carbonyl (C=O) groups excluding carboxylic acids is 1. The second kappa shape index (κ2) is 11.9. The molecule has 12 nitrogen and oxygen atoms in total. The molecule has 1 aliphatic heterocycles. The van der Waals surface area contributed by atoms with Crippen molar-refractivity contribution in [2.75, 3.05) is 13.2 Å². The molecule has 2 rings (SSSR count). The Morgan fingerprint density at radius 2 is 1.84 bits per heavy atom. The summed E-state index contributed by atoms with van der Waals surface area (Å²) in [5, 5.41) is 38.5. The molecule has 0 aliphatic carbocycles. The van der Waals surface area contributed by atoms with Crippen LogP contribution in [0.3, 0.4) is 0 Å². The van der Waals surface area contributed by atoms with E-state index in [4.69, 9.17) is 14.0 Å². The number of hydrogen-bond acceptors (Lipinski definition) is 12. The third-order valence-corrected chi connectivity index (χ3v) is 5.90. The van der Waals surface area contributed by atoms with Gasteiger partial charge < -0.3 is 34.1 Å². The van der Waals surface area contributed by atoms with Gasteiger partial charge in [0.15, 0.2) is 0 Å². The fourth-order valence-electron chi connectivity index (χ4n) is 2.65. The second-order valence-electron chi connectivity index (χ2n) is 6.75. The Morgan fingerprint density at radius 1 is 1.19 bits per heavy atom. The molecule has 180 valence electrons. The molecule has 0 radical (unpaired) electrons. The average molecular weight is 496 g/mol. The summed E-state index contributed by atoms with van der Waals surface area (Å²) in [6.07, 6.45) is -6.00. The van der Waals surface area contributed by atoms with Crippen LogP contribution in [-0.4, -0.2) is 93.7 Å². The smallest absolute Gasteiger partial charge is 0.448 e. The first-order valence-electron chi connectivity index (χ1n) is 9.49. The summed E-state index contributed by atoms with van der Waals surface area (Å²) in [4.78, 5) is 16.1. The molecule has 0 amide bonds. The highest BCUT2D eigenvalue weighted by Gasteiger charge is 2.44. The van der Waals surface area contributed by atoms with Crippen molar-refractivity contribution in [1.82, 2.24) is 0 Å². The van der Waals surface area contributed by atoms with Gasteiger partial charge in [0.25, 0.3) is 5.23 Å². The molecule has 0 aromatic heterocycles. The number of rotatable bonds is 8. The number of nitrogens with zero attached hydrogens (tertiary/aromatic N) is 1. The van der Waals surface area contributed by atoms with E-state index in [0.717, 1.165) is 0 Å². The van der Waals surface area contributed by atoms with E-state index in [0.29, 0.717) is 17.3 Å². The van der Waals surface area contributed by atoms with Gasteiger partial charge in [-0.3, -0.25) is 4.55 Å². The normalized spacial score (nSPS) is 27.6. The number of aliphatic hydroxyl groups is 4. The molecule has 1 aromatic carbocycles. The van der Waals surface area contributed by atoms with Crippen molar-refractivity contribution in [3.05, 3.63) is 35.9 Å². The lowest BCUT2D eigenvalue weighted by Crippen LogP contribution is -2.57. The van der Waals surface area contributed by atoms with Crippen molar-refractivity contribution < 1.29 is 51.8 Å². The third-order valence-electron chi connectivity index (χ3n) is 4.42. The van der Waals surface area contributed by atoms with Crippen LogP contribution >= 0.6 is 11.8 Å². The molecule has 0 bridgehead atoms. The maximum Gasteiger partial charge on any atom is 0.448 e. The van der Waals surface area contributed by atoms with Crippen molar-refractivity contribution in [2.24, 2.45) is 4.99 Å². The summed E-state index contributed by atoms with van der Waals surface area (Å²) in [5.74, 6) is -0.627. The quantitative estimate of drug-likeness (QED) is 0.132. The van der Waals surface area contributed by atoms with Gasteiger partial charge in [0.2, 0.25) is 0 Å². The molecule has 32 heavy (non-hydrogen) atoms. The molecule has 1 heterocycles. The maximum atomic E-state index is 12.1. The Labute approximate surface area is 188 Å². The van der Waals surface area contributed by atoms with Gasteiger partial charge in [-0.15, -0.1) is 0 Å². The number of esters is 1. The monoisotopic (exact) mass is 495 g/mol. The van der Waals surface area contributed by atoms with E-state index in [1.807, 2.05) is 0 Å². The minimum atomic E-state index is -5.02. The Hall–Kier alpha value is -1.78. The number of hydrogen-bond donors (Lipinski definition) is 5.